The van der Waals surface area contributed by atoms with E-state index in [1.165, 1.54) is 18.9 Å². The molecule has 3 atom stereocenters. The van der Waals surface area contributed by atoms with E-state index in [9.17, 15) is 12.8 Å². The van der Waals surface area contributed by atoms with E-state index in [2.05, 4.69) is 11.9 Å². The molecule has 3 unspecified atom stereocenters. The van der Waals surface area contributed by atoms with Crippen LogP contribution in [0.1, 0.15) is 31.2 Å². The van der Waals surface area contributed by atoms with Crippen LogP contribution in [0.3, 0.4) is 0 Å². The number of benzene rings is 1. The lowest BCUT2D eigenvalue weighted by Crippen LogP contribution is -2.51. The van der Waals surface area contributed by atoms with Gasteiger partial charge in [-0.05, 0) is 62.8 Å². The minimum Gasteiger partial charge on any atom is -0.302 e. The molecule has 4 rings (SSSR count). The Balaban J connectivity index is 1.59. The molecule has 7 heteroatoms. The zero-order valence-corrected chi connectivity index (χ0v) is 15.0. The molecule has 0 N–H and O–H groups in total. The minimum absolute atomic E-state index is 0.0154. The van der Waals surface area contributed by atoms with Gasteiger partial charge < -0.3 is 4.90 Å². The molecule has 0 amide bonds. The summed E-state index contributed by atoms with van der Waals surface area (Å²) in [6, 6.07) is 5.44. The van der Waals surface area contributed by atoms with E-state index in [4.69, 9.17) is 5.26 Å². The van der Waals surface area contributed by atoms with Crippen LogP contribution < -0.4 is 0 Å². The number of rotatable bonds is 5. The second-order valence-electron chi connectivity index (χ2n) is 7.68. The maximum atomic E-state index is 13.5. The molecule has 1 aliphatic heterocycles. The first-order valence-corrected chi connectivity index (χ1v) is 10.3. The van der Waals surface area contributed by atoms with Gasteiger partial charge in [-0.2, -0.15) is 9.57 Å². The molecule has 0 spiro atoms. The molecule has 1 aromatic carbocycles. The van der Waals surface area contributed by atoms with E-state index in [1.54, 1.807) is 10.4 Å². The van der Waals surface area contributed by atoms with Crippen LogP contribution in [0, 0.1) is 29.0 Å². The van der Waals surface area contributed by atoms with Crippen molar-refractivity contribution in [2.45, 2.75) is 42.7 Å². The fraction of sp³-hybridized carbons (Fsp3) is 0.611. The van der Waals surface area contributed by atoms with E-state index >= 15 is 0 Å². The first kappa shape index (κ1) is 17.0. The summed E-state index contributed by atoms with van der Waals surface area (Å²) in [5.41, 5.74) is -0.229. The number of fused-ring (bicyclic) bond motifs is 2. The molecule has 2 aliphatic carbocycles. The van der Waals surface area contributed by atoms with Crippen LogP contribution in [0.25, 0.3) is 0 Å². The Bertz CT molecular complexity index is 831. The lowest BCUT2D eigenvalue weighted by Gasteiger charge is -2.37. The third-order valence-corrected chi connectivity index (χ3v) is 7.76. The van der Waals surface area contributed by atoms with Crippen LogP contribution in [-0.2, 0) is 10.0 Å². The van der Waals surface area contributed by atoms with Gasteiger partial charge >= 0.3 is 0 Å². The molecule has 25 heavy (non-hydrogen) atoms. The molecule has 2 saturated carbocycles. The Morgan fingerprint density at radius 2 is 2.12 bits per heavy atom. The van der Waals surface area contributed by atoms with Crippen molar-refractivity contribution in [3.8, 4) is 6.07 Å². The second-order valence-corrected chi connectivity index (χ2v) is 9.57. The highest BCUT2D eigenvalue weighted by atomic mass is 32.2. The van der Waals surface area contributed by atoms with Gasteiger partial charge in [0.05, 0.1) is 10.5 Å². The standard InChI is InChI=1S/C18H22FN3O2S/c1-21(10-12-2-3-12)17-6-13-7-18(17)22(11-13)25(23,24)15-4-5-16(19)14(8-15)9-20/h4-5,8,12-13,17-18H,2-3,6-7,10-11H2,1H3. The number of hydrogen-bond donors (Lipinski definition) is 0. The van der Waals surface area contributed by atoms with Crippen molar-refractivity contribution in [2.75, 3.05) is 20.1 Å². The zero-order valence-electron chi connectivity index (χ0n) is 14.2. The maximum Gasteiger partial charge on any atom is 0.243 e. The van der Waals surface area contributed by atoms with Gasteiger partial charge in [-0.25, -0.2) is 12.8 Å². The summed E-state index contributed by atoms with van der Waals surface area (Å²) in [4.78, 5) is 2.34. The van der Waals surface area contributed by atoms with Gasteiger partial charge in [0.15, 0.2) is 0 Å². The maximum absolute atomic E-state index is 13.5. The lowest BCUT2D eigenvalue weighted by atomic mass is 10.1. The normalized spacial score (nSPS) is 29.3. The van der Waals surface area contributed by atoms with Gasteiger partial charge in [-0.3, -0.25) is 0 Å². The second kappa shape index (κ2) is 6.04. The first-order chi connectivity index (χ1) is 11.9. The van der Waals surface area contributed by atoms with Crippen LogP contribution >= 0.6 is 0 Å². The van der Waals surface area contributed by atoms with Crippen molar-refractivity contribution >= 4 is 10.0 Å². The molecular weight excluding hydrogens is 341 g/mol. The van der Waals surface area contributed by atoms with Crippen LogP contribution in [0.15, 0.2) is 23.1 Å². The molecule has 2 bridgehead atoms. The number of likely N-dealkylation sites (N-methyl/N-ethyl adjacent to an activating group) is 1. The summed E-state index contributed by atoms with van der Waals surface area (Å²) in [7, 11) is -1.61. The van der Waals surface area contributed by atoms with Crippen molar-refractivity contribution < 1.29 is 12.8 Å². The molecule has 1 saturated heterocycles. The minimum atomic E-state index is -3.71. The SMILES string of the molecule is CN(CC1CC1)C1CC2CC1N(S(=O)(=O)c1ccc(F)c(C#N)c1)C2. The molecule has 1 aromatic rings. The molecule has 3 fully saturated rings. The van der Waals surface area contributed by atoms with Crippen LogP contribution in [0.2, 0.25) is 0 Å². The average molecular weight is 363 g/mol. The third-order valence-electron chi connectivity index (χ3n) is 5.88. The van der Waals surface area contributed by atoms with Crippen molar-refractivity contribution in [1.29, 1.82) is 5.26 Å². The number of nitriles is 1. The Morgan fingerprint density at radius 1 is 1.36 bits per heavy atom. The van der Waals surface area contributed by atoms with E-state index in [0.29, 0.717) is 12.5 Å². The van der Waals surface area contributed by atoms with Gasteiger partial charge in [-0.1, -0.05) is 0 Å². The Labute approximate surface area is 148 Å². The lowest BCUT2D eigenvalue weighted by molar-refractivity contribution is 0.147. The van der Waals surface area contributed by atoms with Gasteiger partial charge in [-0.15, -0.1) is 0 Å². The molecule has 0 radical (unpaired) electrons. The van der Waals surface area contributed by atoms with Gasteiger partial charge in [0, 0.05) is 25.2 Å². The van der Waals surface area contributed by atoms with Crippen LogP contribution in [0.5, 0.6) is 0 Å². The molecule has 1 heterocycles. The Morgan fingerprint density at radius 3 is 2.76 bits per heavy atom. The number of halogens is 1. The fourth-order valence-electron chi connectivity index (χ4n) is 4.42. The fourth-order valence-corrected chi connectivity index (χ4v) is 6.19. The molecule has 5 nitrogen and oxygen atoms in total. The topological polar surface area (TPSA) is 64.4 Å². The Kier molecular flexibility index (Phi) is 4.10. The van der Waals surface area contributed by atoms with Crippen molar-refractivity contribution in [1.82, 2.24) is 9.21 Å². The molecule has 0 aromatic heterocycles. The number of sulfonamides is 1. The summed E-state index contributed by atoms with van der Waals surface area (Å²) in [6.07, 6.45) is 4.50. The van der Waals surface area contributed by atoms with Crippen molar-refractivity contribution in [2.24, 2.45) is 11.8 Å². The van der Waals surface area contributed by atoms with Crippen LogP contribution in [0.4, 0.5) is 4.39 Å². The van der Waals surface area contributed by atoms with Crippen molar-refractivity contribution in [3.63, 3.8) is 0 Å². The number of piperidine rings is 1. The highest BCUT2D eigenvalue weighted by Crippen LogP contribution is 2.43. The molecular formula is C18H22FN3O2S. The predicted molar refractivity (Wildman–Crippen MR) is 90.7 cm³/mol. The largest absolute Gasteiger partial charge is 0.302 e. The van der Waals surface area contributed by atoms with Gasteiger partial charge in [0.25, 0.3) is 0 Å². The zero-order chi connectivity index (χ0) is 17.8. The smallest absolute Gasteiger partial charge is 0.243 e. The quantitative estimate of drug-likeness (QED) is 0.804. The number of nitrogens with zero attached hydrogens (tertiary/aromatic N) is 3. The summed E-state index contributed by atoms with van der Waals surface area (Å²) in [6.45, 7) is 1.57. The van der Waals surface area contributed by atoms with E-state index in [-0.39, 0.29) is 22.5 Å². The molecule has 3 aliphatic rings. The number of hydrogen-bond acceptors (Lipinski definition) is 4. The van der Waals surface area contributed by atoms with Gasteiger partial charge in [0.1, 0.15) is 11.9 Å². The predicted octanol–water partition coefficient (Wildman–Crippen LogP) is 2.19. The van der Waals surface area contributed by atoms with Crippen LogP contribution in [-0.4, -0.2) is 49.8 Å². The van der Waals surface area contributed by atoms with Gasteiger partial charge in [0.2, 0.25) is 10.0 Å². The first-order valence-electron chi connectivity index (χ1n) is 8.82. The Hall–Kier alpha value is -1.49. The average Bonchev–Trinajstić information content (AvgIpc) is 3.16. The summed E-state index contributed by atoms with van der Waals surface area (Å²) < 4.78 is 41.3. The van der Waals surface area contributed by atoms with E-state index < -0.39 is 15.8 Å². The highest BCUT2D eigenvalue weighted by molar-refractivity contribution is 7.89. The summed E-state index contributed by atoms with van der Waals surface area (Å²) >= 11 is 0. The van der Waals surface area contributed by atoms with E-state index in [0.717, 1.165) is 37.4 Å². The summed E-state index contributed by atoms with van der Waals surface area (Å²) in [5, 5.41) is 8.98. The summed E-state index contributed by atoms with van der Waals surface area (Å²) in [5.74, 6) is 0.471. The monoisotopic (exact) mass is 363 g/mol. The molecule has 134 valence electrons. The van der Waals surface area contributed by atoms with Crippen molar-refractivity contribution in [3.05, 3.63) is 29.6 Å². The third kappa shape index (κ3) is 2.97. The van der Waals surface area contributed by atoms with E-state index in [1.807, 2.05) is 0 Å². The highest BCUT2D eigenvalue weighted by Gasteiger charge is 2.51.